The predicted octanol–water partition coefficient (Wildman–Crippen LogP) is 0.0815. The predicted molar refractivity (Wildman–Crippen MR) is 51.5 cm³/mol. The molecule has 1 N–H and O–H groups in total. The summed E-state index contributed by atoms with van der Waals surface area (Å²) in [6, 6.07) is 0. The molecule has 72 valence electrons. The van der Waals surface area contributed by atoms with Gasteiger partial charge in [0.2, 0.25) is 0 Å². The molecule has 2 heterocycles. The number of aliphatic hydroxyl groups excluding tert-OH is 1. The van der Waals surface area contributed by atoms with Crippen LogP contribution >= 0.6 is 11.8 Å². The Hall–Kier alpha value is -0.550. The molecule has 2 atom stereocenters. The third kappa shape index (κ3) is 2.03. The van der Waals surface area contributed by atoms with Crippen LogP contribution in [0.1, 0.15) is 5.69 Å². The average Bonchev–Trinajstić information content (AvgIpc) is 2.64. The highest BCUT2D eigenvalue weighted by molar-refractivity contribution is 7.99. The number of aryl methyl sites for hydroxylation is 1. The molecule has 0 amide bonds. The van der Waals surface area contributed by atoms with Crippen LogP contribution < -0.4 is 0 Å². The van der Waals surface area contributed by atoms with E-state index in [0.717, 1.165) is 23.6 Å². The Labute approximate surface area is 81.3 Å². The summed E-state index contributed by atoms with van der Waals surface area (Å²) >= 11 is 1.81. The van der Waals surface area contributed by atoms with E-state index in [4.69, 9.17) is 0 Å². The van der Waals surface area contributed by atoms with Gasteiger partial charge < -0.3 is 5.11 Å². The van der Waals surface area contributed by atoms with Gasteiger partial charge in [0.05, 0.1) is 11.8 Å². The second-order valence-electron chi connectivity index (χ2n) is 3.45. The van der Waals surface area contributed by atoms with Crippen LogP contribution in [0.5, 0.6) is 0 Å². The maximum Gasteiger partial charge on any atom is 0.0831 e. The second-order valence-corrected chi connectivity index (χ2v) is 4.53. The van der Waals surface area contributed by atoms with E-state index in [9.17, 15) is 5.11 Å². The van der Waals surface area contributed by atoms with Crippen LogP contribution in [0.25, 0.3) is 0 Å². The van der Waals surface area contributed by atoms with Gasteiger partial charge in [-0.25, -0.2) is 0 Å². The van der Waals surface area contributed by atoms with Gasteiger partial charge in [0.1, 0.15) is 0 Å². The fourth-order valence-electron chi connectivity index (χ4n) is 1.54. The van der Waals surface area contributed by atoms with Crippen molar-refractivity contribution in [2.24, 2.45) is 13.0 Å². The lowest BCUT2D eigenvalue weighted by Crippen LogP contribution is -2.20. The molecule has 1 fully saturated rings. The number of rotatable bonds is 2. The van der Waals surface area contributed by atoms with Gasteiger partial charge in [-0.3, -0.25) is 4.68 Å². The summed E-state index contributed by atoms with van der Waals surface area (Å²) in [7, 11) is 1.86. The molecule has 4 nitrogen and oxygen atoms in total. The molecule has 1 aromatic heterocycles. The quantitative estimate of drug-likeness (QED) is 0.733. The second kappa shape index (κ2) is 3.67. The number of thioether (sulfide) groups is 1. The van der Waals surface area contributed by atoms with E-state index in [1.807, 2.05) is 25.0 Å². The molecule has 1 aliphatic heterocycles. The first-order valence-electron chi connectivity index (χ1n) is 4.36. The van der Waals surface area contributed by atoms with Crippen molar-refractivity contribution in [1.29, 1.82) is 0 Å². The Balaban J connectivity index is 1.97. The molecule has 5 heteroatoms. The Morgan fingerprint density at radius 3 is 3.08 bits per heavy atom. The fraction of sp³-hybridized carbons (Fsp3) is 0.750. The van der Waals surface area contributed by atoms with Crippen molar-refractivity contribution in [3.05, 3.63) is 11.9 Å². The zero-order chi connectivity index (χ0) is 9.26. The van der Waals surface area contributed by atoms with E-state index < -0.39 is 0 Å². The molecule has 0 saturated carbocycles. The molecular formula is C8H13N3OS. The van der Waals surface area contributed by atoms with E-state index in [-0.39, 0.29) is 6.10 Å². The van der Waals surface area contributed by atoms with E-state index in [2.05, 4.69) is 10.3 Å². The third-order valence-corrected chi connectivity index (χ3v) is 3.53. The van der Waals surface area contributed by atoms with Crippen molar-refractivity contribution < 1.29 is 5.11 Å². The number of hydrogen-bond acceptors (Lipinski definition) is 4. The average molecular weight is 199 g/mol. The van der Waals surface area contributed by atoms with Crippen LogP contribution in [0, 0.1) is 5.92 Å². The maximum absolute atomic E-state index is 9.58. The van der Waals surface area contributed by atoms with Crippen molar-refractivity contribution in [2.45, 2.75) is 12.5 Å². The Morgan fingerprint density at radius 1 is 1.69 bits per heavy atom. The molecule has 1 aliphatic rings. The summed E-state index contributed by atoms with van der Waals surface area (Å²) in [5.41, 5.74) is 0.981. The highest BCUT2D eigenvalue weighted by Crippen LogP contribution is 2.26. The van der Waals surface area contributed by atoms with Gasteiger partial charge in [0.25, 0.3) is 0 Å². The van der Waals surface area contributed by atoms with Crippen LogP contribution in [0.15, 0.2) is 6.20 Å². The lowest BCUT2D eigenvalue weighted by Gasteiger charge is -2.10. The topological polar surface area (TPSA) is 50.9 Å². The van der Waals surface area contributed by atoms with Crippen LogP contribution in [0.3, 0.4) is 0 Å². The van der Waals surface area contributed by atoms with Crippen molar-refractivity contribution in [2.75, 3.05) is 11.5 Å². The molecule has 0 spiro atoms. The van der Waals surface area contributed by atoms with Crippen molar-refractivity contribution in [3.63, 3.8) is 0 Å². The zero-order valence-electron chi connectivity index (χ0n) is 7.55. The molecule has 0 aromatic carbocycles. The molecule has 2 rings (SSSR count). The van der Waals surface area contributed by atoms with Gasteiger partial charge in [0, 0.05) is 24.9 Å². The largest absolute Gasteiger partial charge is 0.392 e. The molecule has 13 heavy (non-hydrogen) atoms. The molecule has 0 bridgehead atoms. The van der Waals surface area contributed by atoms with Gasteiger partial charge >= 0.3 is 0 Å². The van der Waals surface area contributed by atoms with Crippen LogP contribution in [-0.4, -0.2) is 37.7 Å². The smallest absolute Gasteiger partial charge is 0.0831 e. The lowest BCUT2D eigenvalue weighted by atomic mass is 10.0. The third-order valence-electron chi connectivity index (χ3n) is 2.29. The summed E-state index contributed by atoms with van der Waals surface area (Å²) in [5, 5.41) is 17.4. The molecule has 1 aromatic rings. The molecule has 0 aliphatic carbocycles. The molecule has 1 saturated heterocycles. The number of hydrogen-bond donors (Lipinski definition) is 1. The maximum atomic E-state index is 9.58. The summed E-state index contributed by atoms with van der Waals surface area (Å²) in [4.78, 5) is 0. The van der Waals surface area contributed by atoms with Crippen LogP contribution in [0.2, 0.25) is 0 Å². The van der Waals surface area contributed by atoms with E-state index in [0.29, 0.717) is 5.92 Å². The van der Waals surface area contributed by atoms with E-state index in [1.54, 1.807) is 4.68 Å². The summed E-state index contributed by atoms with van der Waals surface area (Å²) in [6.07, 6.45) is 2.60. The Morgan fingerprint density at radius 2 is 2.54 bits per heavy atom. The van der Waals surface area contributed by atoms with Gasteiger partial charge in [-0.05, 0) is 12.2 Å². The van der Waals surface area contributed by atoms with Gasteiger partial charge in [-0.2, -0.15) is 11.8 Å². The Bertz CT molecular complexity index is 289. The monoisotopic (exact) mass is 199 g/mol. The standard InChI is InChI=1S/C8H13N3OS/c1-11-3-7(9-10-11)2-6-4-13-5-8(6)12/h3,6,8,12H,2,4-5H2,1H3. The molecule has 0 radical (unpaired) electrons. The van der Waals surface area contributed by atoms with Crippen molar-refractivity contribution >= 4 is 11.8 Å². The summed E-state index contributed by atoms with van der Waals surface area (Å²) < 4.78 is 1.70. The minimum Gasteiger partial charge on any atom is -0.392 e. The van der Waals surface area contributed by atoms with Crippen LogP contribution in [0.4, 0.5) is 0 Å². The SMILES string of the molecule is Cn1cc(CC2CSCC2O)nn1. The fourth-order valence-corrected chi connectivity index (χ4v) is 2.83. The van der Waals surface area contributed by atoms with E-state index in [1.165, 1.54) is 0 Å². The summed E-state index contributed by atoms with van der Waals surface area (Å²) in [6.45, 7) is 0. The van der Waals surface area contributed by atoms with Gasteiger partial charge in [0.15, 0.2) is 0 Å². The number of nitrogens with zero attached hydrogens (tertiary/aromatic N) is 3. The Kier molecular flexibility index (Phi) is 2.55. The number of aromatic nitrogens is 3. The van der Waals surface area contributed by atoms with Gasteiger partial charge in [-0.1, -0.05) is 5.21 Å². The molecular weight excluding hydrogens is 186 g/mol. The highest BCUT2D eigenvalue weighted by Gasteiger charge is 2.26. The first kappa shape index (κ1) is 9.02. The highest BCUT2D eigenvalue weighted by atomic mass is 32.2. The molecule has 2 unspecified atom stereocenters. The van der Waals surface area contributed by atoms with Crippen molar-refractivity contribution in [3.8, 4) is 0 Å². The first-order chi connectivity index (χ1) is 6.25. The first-order valence-corrected chi connectivity index (χ1v) is 5.52. The summed E-state index contributed by atoms with van der Waals surface area (Å²) in [5.74, 6) is 2.27. The lowest BCUT2D eigenvalue weighted by molar-refractivity contribution is 0.149. The zero-order valence-corrected chi connectivity index (χ0v) is 8.37. The van der Waals surface area contributed by atoms with Crippen LogP contribution in [-0.2, 0) is 13.5 Å². The minimum atomic E-state index is -0.160. The number of aliphatic hydroxyl groups is 1. The van der Waals surface area contributed by atoms with Gasteiger partial charge in [-0.15, -0.1) is 5.10 Å². The normalized spacial score (nSPS) is 28.2. The van der Waals surface area contributed by atoms with E-state index >= 15 is 0 Å². The minimum absolute atomic E-state index is 0.160. The van der Waals surface area contributed by atoms with Crippen molar-refractivity contribution in [1.82, 2.24) is 15.0 Å².